The van der Waals surface area contributed by atoms with Crippen LogP contribution in [0.5, 0.6) is 11.5 Å². The van der Waals surface area contributed by atoms with Crippen LogP contribution in [-0.4, -0.2) is 30.4 Å². The van der Waals surface area contributed by atoms with E-state index in [0.717, 1.165) is 11.1 Å². The average molecular weight is 541 g/mol. The summed E-state index contributed by atoms with van der Waals surface area (Å²) in [6.45, 7) is 10.4. The van der Waals surface area contributed by atoms with Gasteiger partial charge in [0.1, 0.15) is 0 Å². The molecule has 3 aromatic rings. The zero-order valence-electron chi connectivity index (χ0n) is 21.5. The summed E-state index contributed by atoms with van der Waals surface area (Å²) < 4.78 is 18.8. The van der Waals surface area contributed by atoms with Crippen LogP contribution >= 0.6 is 22.9 Å². The van der Waals surface area contributed by atoms with Crippen LogP contribution in [0.25, 0.3) is 6.08 Å². The molecule has 0 N–H and O–H groups in total. The number of halogens is 1. The normalized spacial score (nSPS) is 15.3. The van der Waals surface area contributed by atoms with Crippen molar-refractivity contribution in [1.82, 2.24) is 4.57 Å². The fourth-order valence-electron chi connectivity index (χ4n) is 4.23. The number of nitrogens with zero attached hydrogens (tertiary/aromatic N) is 2. The van der Waals surface area contributed by atoms with Gasteiger partial charge in [0.25, 0.3) is 5.56 Å². The highest BCUT2D eigenvalue weighted by molar-refractivity contribution is 7.07. The Labute approximate surface area is 224 Å². The lowest BCUT2D eigenvalue weighted by molar-refractivity contribution is -0.139. The third-order valence-electron chi connectivity index (χ3n) is 5.83. The Morgan fingerprint density at radius 2 is 1.78 bits per heavy atom. The summed E-state index contributed by atoms with van der Waals surface area (Å²) in [4.78, 5) is 31.9. The molecule has 37 heavy (non-hydrogen) atoms. The molecule has 1 atom stereocenters. The first kappa shape index (κ1) is 26.7. The molecule has 1 aliphatic rings. The third kappa shape index (κ3) is 5.36. The monoisotopic (exact) mass is 540 g/mol. The van der Waals surface area contributed by atoms with Crippen molar-refractivity contribution in [1.29, 1.82) is 0 Å². The molecule has 194 valence electrons. The minimum Gasteiger partial charge on any atom is -0.490 e. The van der Waals surface area contributed by atoms with Gasteiger partial charge in [0.2, 0.25) is 0 Å². The Bertz CT molecular complexity index is 1540. The number of carbonyl (C=O) groups is 1. The zero-order chi connectivity index (χ0) is 26.7. The predicted molar refractivity (Wildman–Crippen MR) is 145 cm³/mol. The summed E-state index contributed by atoms with van der Waals surface area (Å²) in [5.41, 5.74) is 3.19. The number of fused-ring (bicyclic) bond motifs is 1. The van der Waals surface area contributed by atoms with Gasteiger partial charge in [0.05, 0.1) is 46.7 Å². The van der Waals surface area contributed by atoms with Crippen LogP contribution in [0, 0.1) is 6.92 Å². The van der Waals surface area contributed by atoms with E-state index in [2.05, 4.69) is 4.99 Å². The van der Waals surface area contributed by atoms with E-state index in [1.54, 1.807) is 36.6 Å². The molecule has 9 heteroatoms. The smallest absolute Gasteiger partial charge is 0.338 e. The number of aromatic nitrogens is 1. The second-order valence-electron chi connectivity index (χ2n) is 8.41. The molecule has 0 aliphatic carbocycles. The summed E-state index contributed by atoms with van der Waals surface area (Å²) in [5.74, 6) is 0.496. The van der Waals surface area contributed by atoms with Crippen molar-refractivity contribution < 1.29 is 19.0 Å². The molecule has 0 radical (unpaired) electrons. The number of aryl methyl sites for hydroxylation is 1. The Morgan fingerprint density at radius 1 is 1.08 bits per heavy atom. The quantitative estimate of drug-likeness (QED) is 0.391. The summed E-state index contributed by atoms with van der Waals surface area (Å²) in [7, 11) is 0. The first-order valence-corrected chi connectivity index (χ1v) is 13.3. The Hall–Kier alpha value is -3.36. The number of esters is 1. The first-order chi connectivity index (χ1) is 17.8. The largest absolute Gasteiger partial charge is 0.490 e. The van der Waals surface area contributed by atoms with Crippen LogP contribution in [0.4, 0.5) is 0 Å². The Kier molecular flexibility index (Phi) is 8.19. The van der Waals surface area contributed by atoms with Gasteiger partial charge in [-0.25, -0.2) is 9.79 Å². The standard InChI is InChI=1S/C28H29ClN2O5S/c1-6-34-21-14-18(13-20(29)25(21)35-7-2)15-22-26(32)31-24(19-11-9-16(4)10-12-19)23(27(33)36-8-3)17(5)30-28(31)37-22/h9-15,24H,6-8H2,1-5H3/b22-15+/t24-/m0/s1. The minimum atomic E-state index is -0.652. The van der Waals surface area contributed by atoms with E-state index in [1.807, 2.05) is 45.0 Å². The molecule has 0 fully saturated rings. The van der Waals surface area contributed by atoms with Crippen LogP contribution in [0.2, 0.25) is 5.02 Å². The van der Waals surface area contributed by atoms with Crippen molar-refractivity contribution >= 4 is 35.0 Å². The number of carbonyl (C=O) groups excluding carboxylic acids is 1. The predicted octanol–water partition coefficient (Wildman–Crippen LogP) is 4.56. The van der Waals surface area contributed by atoms with Gasteiger partial charge in [-0.3, -0.25) is 9.36 Å². The Morgan fingerprint density at radius 3 is 2.43 bits per heavy atom. The average Bonchev–Trinajstić information content (AvgIpc) is 3.15. The van der Waals surface area contributed by atoms with Crippen molar-refractivity contribution in [3.05, 3.63) is 89.1 Å². The van der Waals surface area contributed by atoms with Gasteiger partial charge in [-0.1, -0.05) is 52.8 Å². The molecule has 2 aromatic carbocycles. The molecule has 7 nitrogen and oxygen atoms in total. The lowest BCUT2D eigenvalue weighted by Crippen LogP contribution is -2.39. The summed E-state index contributed by atoms with van der Waals surface area (Å²) in [5, 5.41) is 0.393. The van der Waals surface area contributed by atoms with Crippen LogP contribution < -0.4 is 24.4 Å². The van der Waals surface area contributed by atoms with E-state index < -0.39 is 12.0 Å². The van der Waals surface area contributed by atoms with Gasteiger partial charge < -0.3 is 14.2 Å². The maximum absolute atomic E-state index is 13.8. The number of ether oxygens (including phenoxy) is 3. The van der Waals surface area contributed by atoms with Crippen molar-refractivity contribution in [2.45, 2.75) is 40.7 Å². The van der Waals surface area contributed by atoms with Crippen molar-refractivity contribution in [2.75, 3.05) is 19.8 Å². The van der Waals surface area contributed by atoms with Gasteiger partial charge in [0, 0.05) is 0 Å². The van der Waals surface area contributed by atoms with Gasteiger partial charge in [-0.2, -0.15) is 0 Å². The molecular formula is C28H29ClN2O5S. The third-order valence-corrected chi connectivity index (χ3v) is 7.09. The van der Waals surface area contributed by atoms with Crippen LogP contribution in [-0.2, 0) is 9.53 Å². The van der Waals surface area contributed by atoms with Crippen LogP contribution in [0.3, 0.4) is 0 Å². The lowest BCUT2D eigenvalue weighted by atomic mass is 9.95. The number of rotatable bonds is 8. The van der Waals surface area contributed by atoms with E-state index >= 15 is 0 Å². The van der Waals surface area contributed by atoms with E-state index in [0.29, 0.717) is 55.9 Å². The second kappa shape index (κ2) is 11.4. The van der Waals surface area contributed by atoms with Crippen molar-refractivity contribution in [2.24, 2.45) is 4.99 Å². The molecule has 0 saturated carbocycles. The highest BCUT2D eigenvalue weighted by Gasteiger charge is 2.33. The molecule has 0 amide bonds. The van der Waals surface area contributed by atoms with E-state index in [-0.39, 0.29) is 12.2 Å². The molecule has 0 saturated heterocycles. The SMILES string of the molecule is CCOC(=O)C1=C(C)N=c2s/c(=C/c3cc(Cl)c(OCC)c(OCC)c3)c(=O)n2[C@H]1c1ccc(C)cc1. The number of benzene rings is 2. The van der Waals surface area contributed by atoms with Gasteiger partial charge in [0.15, 0.2) is 16.3 Å². The fraction of sp³-hybridized carbons (Fsp3) is 0.321. The van der Waals surface area contributed by atoms with E-state index in [9.17, 15) is 9.59 Å². The maximum atomic E-state index is 13.8. The lowest BCUT2D eigenvalue weighted by Gasteiger charge is -2.24. The zero-order valence-corrected chi connectivity index (χ0v) is 23.0. The van der Waals surface area contributed by atoms with Crippen molar-refractivity contribution in [3.8, 4) is 11.5 Å². The second-order valence-corrected chi connectivity index (χ2v) is 9.83. The Balaban J connectivity index is 1.91. The number of allylic oxidation sites excluding steroid dienone is 1. The highest BCUT2D eigenvalue weighted by atomic mass is 35.5. The number of thiazole rings is 1. The van der Waals surface area contributed by atoms with Crippen LogP contribution in [0.15, 0.2) is 57.5 Å². The fourth-order valence-corrected chi connectivity index (χ4v) is 5.55. The van der Waals surface area contributed by atoms with Gasteiger partial charge >= 0.3 is 5.97 Å². The molecule has 4 rings (SSSR count). The highest BCUT2D eigenvalue weighted by Crippen LogP contribution is 2.37. The molecule has 0 spiro atoms. The minimum absolute atomic E-state index is 0.224. The molecule has 0 unspecified atom stereocenters. The van der Waals surface area contributed by atoms with E-state index in [1.165, 1.54) is 11.3 Å². The molecule has 1 aromatic heterocycles. The molecule has 1 aliphatic heterocycles. The van der Waals surface area contributed by atoms with Crippen LogP contribution in [0.1, 0.15) is 50.4 Å². The first-order valence-electron chi connectivity index (χ1n) is 12.1. The van der Waals surface area contributed by atoms with E-state index in [4.69, 9.17) is 25.8 Å². The molecular weight excluding hydrogens is 512 g/mol. The summed E-state index contributed by atoms with van der Waals surface area (Å²) in [6.07, 6.45) is 1.75. The van der Waals surface area contributed by atoms with Gasteiger partial charge in [-0.15, -0.1) is 0 Å². The number of hydrogen-bond acceptors (Lipinski definition) is 7. The van der Waals surface area contributed by atoms with Crippen molar-refractivity contribution in [3.63, 3.8) is 0 Å². The van der Waals surface area contributed by atoms with Gasteiger partial charge in [-0.05, 0) is 64.0 Å². The summed E-state index contributed by atoms with van der Waals surface area (Å²) >= 11 is 7.75. The number of hydrogen-bond donors (Lipinski definition) is 0. The molecule has 0 bridgehead atoms. The summed E-state index contributed by atoms with van der Waals surface area (Å²) in [6, 6.07) is 10.7. The molecule has 2 heterocycles. The maximum Gasteiger partial charge on any atom is 0.338 e. The topological polar surface area (TPSA) is 79.1 Å².